The molecule has 1 aromatic carbocycles. The van der Waals surface area contributed by atoms with Crippen LogP contribution in [-0.4, -0.2) is 19.7 Å². The summed E-state index contributed by atoms with van der Waals surface area (Å²) in [6.45, 7) is 6.91. The first-order valence-electron chi connectivity index (χ1n) is 7.01. The van der Waals surface area contributed by atoms with E-state index >= 15 is 0 Å². The van der Waals surface area contributed by atoms with E-state index in [1.807, 2.05) is 30.8 Å². The van der Waals surface area contributed by atoms with E-state index in [0.717, 1.165) is 22.4 Å². The molecule has 0 fully saturated rings. The predicted octanol–water partition coefficient (Wildman–Crippen LogP) is 2.90. The highest BCUT2D eigenvalue weighted by molar-refractivity contribution is 5.91. The second-order valence-corrected chi connectivity index (χ2v) is 5.32. The van der Waals surface area contributed by atoms with Crippen LogP contribution in [0.5, 0.6) is 0 Å². The SMILES string of the molecule is Cc1nn(C)c(C)c1CNc1ncnc2cccc(C)c12. The van der Waals surface area contributed by atoms with Gasteiger partial charge in [0.25, 0.3) is 0 Å². The van der Waals surface area contributed by atoms with Crippen LogP contribution in [0, 0.1) is 20.8 Å². The van der Waals surface area contributed by atoms with Crippen molar-refractivity contribution in [2.24, 2.45) is 7.05 Å². The molecule has 108 valence electrons. The lowest BCUT2D eigenvalue weighted by atomic mass is 10.1. The molecule has 5 nitrogen and oxygen atoms in total. The summed E-state index contributed by atoms with van der Waals surface area (Å²) in [6, 6.07) is 6.11. The van der Waals surface area contributed by atoms with Crippen molar-refractivity contribution in [3.05, 3.63) is 47.0 Å². The molecule has 21 heavy (non-hydrogen) atoms. The average Bonchev–Trinajstić information content (AvgIpc) is 2.70. The van der Waals surface area contributed by atoms with Gasteiger partial charge in [-0.05, 0) is 32.4 Å². The number of aryl methyl sites for hydroxylation is 3. The van der Waals surface area contributed by atoms with Crippen molar-refractivity contribution in [1.82, 2.24) is 19.7 Å². The zero-order chi connectivity index (χ0) is 15.0. The maximum Gasteiger partial charge on any atom is 0.137 e. The van der Waals surface area contributed by atoms with Crippen LogP contribution in [0.15, 0.2) is 24.5 Å². The Labute approximate surface area is 124 Å². The Hall–Kier alpha value is -2.43. The lowest BCUT2D eigenvalue weighted by molar-refractivity contribution is 0.730. The van der Waals surface area contributed by atoms with Gasteiger partial charge in [-0.1, -0.05) is 12.1 Å². The Kier molecular flexibility index (Phi) is 3.33. The third-order valence-electron chi connectivity index (χ3n) is 3.96. The van der Waals surface area contributed by atoms with E-state index < -0.39 is 0 Å². The Morgan fingerprint density at radius 2 is 1.95 bits per heavy atom. The van der Waals surface area contributed by atoms with E-state index in [2.05, 4.69) is 40.3 Å². The van der Waals surface area contributed by atoms with Crippen molar-refractivity contribution in [2.75, 3.05) is 5.32 Å². The first-order chi connectivity index (χ1) is 10.1. The molecule has 0 atom stereocenters. The van der Waals surface area contributed by atoms with Gasteiger partial charge in [-0.25, -0.2) is 9.97 Å². The number of hydrogen-bond acceptors (Lipinski definition) is 4. The summed E-state index contributed by atoms with van der Waals surface area (Å²) in [5.41, 5.74) is 5.59. The van der Waals surface area contributed by atoms with Crippen LogP contribution >= 0.6 is 0 Å². The summed E-state index contributed by atoms with van der Waals surface area (Å²) in [5.74, 6) is 0.876. The van der Waals surface area contributed by atoms with Crippen LogP contribution in [0.1, 0.15) is 22.5 Å². The third-order valence-corrected chi connectivity index (χ3v) is 3.96. The topological polar surface area (TPSA) is 55.6 Å². The van der Waals surface area contributed by atoms with Crippen molar-refractivity contribution in [3.8, 4) is 0 Å². The molecule has 0 saturated heterocycles. The lowest BCUT2D eigenvalue weighted by Gasteiger charge is -2.10. The molecule has 1 N–H and O–H groups in total. The summed E-state index contributed by atoms with van der Waals surface area (Å²) >= 11 is 0. The summed E-state index contributed by atoms with van der Waals surface area (Å²) < 4.78 is 1.91. The summed E-state index contributed by atoms with van der Waals surface area (Å²) in [6.07, 6.45) is 1.60. The van der Waals surface area contributed by atoms with Gasteiger partial charge >= 0.3 is 0 Å². The van der Waals surface area contributed by atoms with E-state index in [1.54, 1.807) is 6.33 Å². The maximum atomic E-state index is 4.45. The molecule has 3 rings (SSSR count). The highest BCUT2D eigenvalue weighted by Gasteiger charge is 2.11. The van der Waals surface area contributed by atoms with Gasteiger partial charge in [0.1, 0.15) is 12.1 Å². The van der Waals surface area contributed by atoms with Crippen molar-refractivity contribution < 1.29 is 0 Å². The first-order valence-corrected chi connectivity index (χ1v) is 7.01. The molecule has 0 unspecified atom stereocenters. The fourth-order valence-electron chi connectivity index (χ4n) is 2.66. The normalized spacial score (nSPS) is 11.0. The number of benzene rings is 1. The minimum Gasteiger partial charge on any atom is -0.365 e. The van der Waals surface area contributed by atoms with Crippen LogP contribution in [0.4, 0.5) is 5.82 Å². The monoisotopic (exact) mass is 281 g/mol. The fourth-order valence-corrected chi connectivity index (χ4v) is 2.66. The number of nitrogens with one attached hydrogen (secondary N) is 1. The van der Waals surface area contributed by atoms with Gasteiger partial charge < -0.3 is 5.32 Å². The number of anilines is 1. The number of fused-ring (bicyclic) bond motifs is 1. The summed E-state index contributed by atoms with van der Waals surface area (Å²) in [7, 11) is 1.97. The fraction of sp³-hybridized carbons (Fsp3) is 0.312. The Morgan fingerprint density at radius 3 is 2.67 bits per heavy atom. The molecule has 0 spiro atoms. The number of nitrogens with zero attached hydrogens (tertiary/aromatic N) is 4. The number of hydrogen-bond donors (Lipinski definition) is 1. The highest BCUT2D eigenvalue weighted by atomic mass is 15.3. The summed E-state index contributed by atoms with van der Waals surface area (Å²) in [5, 5.41) is 8.96. The molecule has 5 heteroatoms. The molecule has 0 aliphatic heterocycles. The van der Waals surface area contributed by atoms with Gasteiger partial charge in [-0.15, -0.1) is 0 Å². The molecule has 0 aliphatic carbocycles. The van der Waals surface area contributed by atoms with Gasteiger partial charge in [0, 0.05) is 30.2 Å². The van der Waals surface area contributed by atoms with Crippen molar-refractivity contribution in [2.45, 2.75) is 27.3 Å². The van der Waals surface area contributed by atoms with E-state index in [4.69, 9.17) is 0 Å². The van der Waals surface area contributed by atoms with E-state index in [-0.39, 0.29) is 0 Å². The average molecular weight is 281 g/mol. The van der Waals surface area contributed by atoms with E-state index in [1.165, 1.54) is 16.8 Å². The zero-order valence-electron chi connectivity index (χ0n) is 12.8. The molecular formula is C16H19N5. The standard InChI is InChI=1S/C16H19N5/c1-10-6-5-7-14-15(10)16(19-9-18-14)17-8-13-11(2)20-21(4)12(13)3/h5-7,9H,8H2,1-4H3,(H,17,18,19). The van der Waals surface area contributed by atoms with Gasteiger partial charge in [-0.2, -0.15) is 5.10 Å². The van der Waals surface area contributed by atoms with Crippen LogP contribution in [0.3, 0.4) is 0 Å². The van der Waals surface area contributed by atoms with Gasteiger partial charge in [0.15, 0.2) is 0 Å². The molecule has 0 saturated carbocycles. The molecule has 2 heterocycles. The number of rotatable bonds is 3. The van der Waals surface area contributed by atoms with Crippen LogP contribution in [0.2, 0.25) is 0 Å². The molecule has 0 amide bonds. The van der Waals surface area contributed by atoms with Gasteiger partial charge in [-0.3, -0.25) is 4.68 Å². The predicted molar refractivity (Wildman–Crippen MR) is 84.3 cm³/mol. The van der Waals surface area contributed by atoms with Crippen LogP contribution in [-0.2, 0) is 13.6 Å². The minimum absolute atomic E-state index is 0.714. The highest BCUT2D eigenvalue weighted by Crippen LogP contribution is 2.24. The lowest BCUT2D eigenvalue weighted by Crippen LogP contribution is -2.05. The Balaban J connectivity index is 1.96. The Morgan fingerprint density at radius 1 is 1.14 bits per heavy atom. The molecule has 0 bridgehead atoms. The third kappa shape index (κ3) is 2.35. The molecule has 2 aromatic heterocycles. The molecule has 0 aliphatic rings. The van der Waals surface area contributed by atoms with Crippen molar-refractivity contribution in [1.29, 1.82) is 0 Å². The molecule has 3 aromatic rings. The summed E-state index contributed by atoms with van der Waals surface area (Å²) in [4.78, 5) is 8.73. The second-order valence-electron chi connectivity index (χ2n) is 5.32. The number of aromatic nitrogens is 4. The smallest absolute Gasteiger partial charge is 0.137 e. The van der Waals surface area contributed by atoms with Crippen LogP contribution < -0.4 is 5.32 Å². The molecule has 0 radical (unpaired) electrons. The van der Waals surface area contributed by atoms with E-state index in [9.17, 15) is 0 Å². The largest absolute Gasteiger partial charge is 0.365 e. The van der Waals surface area contributed by atoms with E-state index in [0.29, 0.717) is 6.54 Å². The van der Waals surface area contributed by atoms with Crippen molar-refractivity contribution >= 4 is 16.7 Å². The zero-order valence-corrected chi connectivity index (χ0v) is 12.8. The van der Waals surface area contributed by atoms with Crippen LogP contribution in [0.25, 0.3) is 10.9 Å². The Bertz CT molecular complexity index is 799. The van der Waals surface area contributed by atoms with Gasteiger partial charge in [0.05, 0.1) is 11.2 Å². The first kappa shape index (κ1) is 13.5. The quantitative estimate of drug-likeness (QED) is 0.802. The minimum atomic E-state index is 0.714. The maximum absolute atomic E-state index is 4.45. The van der Waals surface area contributed by atoms with Gasteiger partial charge in [0.2, 0.25) is 0 Å². The molecular weight excluding hydrogens is 262 g/mol. The second kappa shape index (κ2) is 5.16. The van der Waals surface area contributed by atoms with Crippen molar-refractivity contribution in [3.63, 3.8) is 0 Å².